The first kappa shape index (κ1) is 17.9. The molecule has 2 heterocycles. The largest absolute Gasteiger partial charge is 0.441 e. The van der Waals surface area contributed by atoms with Crippen molar-refractivity contribution in [3.05, 3.63) is 30.3 Å². The van der Waals surface area contributed by atoms with Crippen molar-refractivity contribution in [3.63, 3.8) is 0 Å². The van der Waals surface area contributed by atoms with Crippen LogP contribution in [0.15, 0.2) is 30.3 Å². The summed E-state index contributed by atoms with van der Waals surface area (Å²) in [5.74, 6) is -2.71. The Kier molecular flexibility index (Phi) is 4.56. The summed E-state index contributed by atoms with van der Waals surface area (Å²) in [5, 5.41) is 51.2. The molecule has 24 heavy (non-hydrogen) atoms. The van der Waals surface area contributed by atoms with Gasteiger partial charge in [-0.2, -0.15) is 0 Å². The molecular weight excluding hydrogens is 410 g/mol. The molecule has 1 aliphatic rings. The number of ether oxygens (including phenoxy) is 2. The van der Waals surface area contributed by atoms with Gasteiger partial charge >= 0.3 is 0 Å². The molecule has 1 fully saturated rings. The molecule has 2 aromatic rings. The summed E-state index contributed by atoms with van der Waals surface area (Å²) < 4.78 is 8.05. The molecule has 1 unspecified atom stereocenters. The fraction of sp³-hybridized carbons (Fsp3) is 0.429. The van der Waals surface area contributed by atoms with Gasteiger partial charge < -0.3 is 40.0 Å². The lowest BCUT2D eigenvalue weighted by atomic mass is 9.94. The summed E-state index contributed by atoms with van der Waals surface area (Å²) in [7, 11) is 0. The molecule has 1 saturated heterocycles. The number of fused-ring (bicyclic) bond motifs is 1. The molecule has 1 aromatic carbocycles. The number of aliphatic hydroxyl groups excluding tert-OH is 4. The molecule has 1 aromatic heterocycles. The fourth-order valence-electron chi connectivity index (χ4n) is 2.54. The van der Waals surface area contributed by atoms with Crippen molar-refractivity contribution in [2.75, 3.05) is 0 Å². The van der Waals surface area contributed by atoms with Gasteiger partial charge in [-0.1, -0.05) is 29.8 Å². The van der Waals surface area contributed by atoms with Crippen LogP contribution in [0.3, 0.4) is 0 Å². The molecule has 8 nitrogen and oxygen atoms in total. The van der Waals surface area contributed by atoms with Gasteiger partial charge in [0.15, 0.2) is 34.5 Å². The predicted octanol–water partition coefficient (Wildman–Crippen LogP) is -0.0459. The third kappa shape index (κ3) is 2.71. The summed E-state index contributed by atoms with van der Waals surface area (Å²) in [6, 6.07) is 8.65. The Morgan fingerprint density at radius 1 is 1.29 bits per heavy atom. The van der Waals surface area contributed by atoms with Crippen molar-refractivity contribution in [3.8, 4) is 5.88 Å². The van der Waals surface area contributed by atoms with E-state index in [1.807, 2.05) is 0 Å². The number of aliphatic hydroxyl groups is 5. The summed E-state index contributed by atoms with van der Waals surface area (Å²) >= 11 is 8.40. The van der Waals surface area contributed by atoms with E-state index in [0.717, 1.165) is 5.39 Å². The van der Waals surface area contributed by atoms with Crippen LogP contribution < -0.4 is 4.74 Å². The Morgan fingerprint density at radius 3 is 2.58 bits per heavy atom. The number of aromatic amines is 1. The van der Waals surface area contributed by atoms with Crippen LogP contribution in [-0.4, -0.2) is 64.9 Å². The summed E-state index contributed by atoms with van der Waals surface area (Å²) in [5.41, 5.74) is -1.18. The summed E-state index contributed by atoms with van der Waals surface area (Å²) in [4.78, 5) is 2.84. The van der Waals surface area contributed by atoms with Crippen LogP contribution in [0.25, 0.3) is 10.9 Å². The van der Waals surface area contributed by atoms with E-state index < -0.39 is 34.4 Å². The lowest BCUT2D eigenvalue weighted by molar-refractivity contribution is -0.381. The minimum Gasteiger partial charge on any atom is -0.441 e. The standard InChI is InChI=1S/C14H15BrClNO7/c15-13(12(16)21)11(20)14(22,9(18)10(19)24-13)23-8-5-6-3-1-2-4-7(6)17-8/h1-5,9-12,17-22H/t9-,10+,11+,12?,13-,14-/m0/s1. The van der Waals surface area contributed by atoms with Crippen LogP contribution in [0.5, 0.6) is 5.88 Å². The maximum absolute atomic E-state index is 10.7. The van der Waals surface area contributed by atoms with Crippen LogP contribution in [0.2, 0.25) is 0 Å². The minimum absolute atomic E-state index is 0.0183. The van der Waals surface area contributed by atoms with E-state index in [0.29, 0.717) is 5.52 Å². The summed E-state index contributed by atoms with van der Waals surface area (Å²) in [6.07, 6.45) is -6.09. The Bertz CT molecular complexity index is 710. The molecule has 3 rings (SSSR count). The third-order valence-corrected chi connectivity index (χ3v) is 5.51. The van der Waals surface area contributed by atoms with E-state index in [4.69, 9.17) is 21.1 Å². The van der Waals surface area contributed by atoms with E-state index in [1.165, 1.54) is 6.07 Å². The van der Waals surface area contributed by atoms with Gasteiger partial charge in [-0.05, 0) is 22.0 Å². The van der Waals surface area contributed by atoms with Crippen LogP contribution in [0, 0.1) is 0 Å². The van der Waals surface area contributed by atoms with Gasteiger partial charge in [0.2, 0.25) is 0 Å². The number of rotatable bonds is 3. The molecule has 0 aliphatic carbocycles. The molecule has 132 valence electrons. The highest BCUT2D eigenvalue weighted by Crippen LogP contribution is 2.44. The number of hydrogen-bond donors (Lipinski definition) is 6. The number of aromatic nitrogens is 1. The molecule has 0 spiro atoms. The first-order valence-corrected chi connectivity index (χ1v) is 8.13. The normalized spacial score (nSPS) is 38.2. The topological polar surface area (TPSA) is 135 Å². The maximum atomic E-state index is 10.7. The zero-order chi connectivity index (χ0) is 17.7. The van der Waals surface area contributed by atoms with Gasteiger partial charge in [0.1, 0.15) is 0 Å². The third-order valence-electron chi connectivity index (χ3n) is 3.86. The van der Waals surface area contributed by atoms with Crippen molar-refractivity contribution in [2.45, 2.75) is 34.4 Å². The smallest absolute Gasteiger partial charge is 0.271 e. The predicted molar refractivity (Wildman–Crippen MR) is 86.5 cm³/mol. The maximum Gasteiger partial charge on any atom is 0.271 e. The van der Waals surface area contributed by atoms with Gasteiger partial charge in [-0.15, -0.1) is 0 Å². The molecule has 0 amide bonds. The van der Waals surface area contributed by atoms with Crippen molar-refractivity contribution in [2.24, 2.45) is 0 Å². The SMILES string of the molecule is OC(Cl)[C@@]1(Br)O[C@@H](O)[C@H](O)[C@](O)(Oc2cc3ccccc3[nH]2)[C@@H]1O. The second kappa shape index (κ2) is 6.11. The van der Waals surface area contributed by atoms with Crippen LogP contribution >= 0.6 is 27.5 Å². The van der Waals surface area contributed by atoms with Gasteiger partial charge in [-0.3, -0.25) is 0 Å². The molecule has 1 aliphatic heterocycles. The number of para-hydroxylation sites is 1. The van der Waals surface area contributed by atoms with Gasteiger partial charge in [0, 0.05) is 17.0 Å². The van der Waals surface area contributed by atoms with Crippen LogP contribution in [0.1, 0.15) is 0 Å². The monoisotopic (exact) mass is 423 g/mol. The zero-order valence-corrected chi connectivity index (χ0v) is 14.3. The number of benzene rings is 1. The lowest BCUT2D eigenvalue weighted by Gasteiger charge is -2.50. The Hall–Kier alpha value is -0.910. The molecule has 6 atom stereocenters. The Balaban J connectivity index is 1.98. The number of hydrogen-bond acceptors (Lipinski definition) is 7. The second-order valence-corrected chi connectivity index (χ2v) is 7.12. The molecule has 6 N–H and O–H groups in total. The van der Waals surface area contributed by atoms with E-state index >= 15 is 0 Å². The molecule has 0 saturated carbocycles. The van der Waals surface area contributed by atoms with E-state index in [1.54, 1.807) is 24.3 Å². The van der Waals surface area contributed by atoms with Gasteiger partial charge in [0.25, 0.3) is 5.79 Å². The molecule has 0 radical (unpaired) electrons. The molecular formula is C14H15BrClNO7. The lowest BCUT2D eigenvalue weighted by Crippen LogP contribution is -2.74. The fourth-order valence-corrected chi connectivity index (χ4v) is 3.23. The highest BCUT2D eigenvalue weighted by Gasteiger charge is 2.65. The average Bonchev–Trinajstić information content (AvgIpc) is 2.93. The summed E-state index contributed by atoms with van der Waals surface area (Å²) in [6.45, 7) is 0. The minimum atomic E-state index is -2.72. The quantitative estimate of drug-likeness (QED) is 0.300. The van der Waals surface area contributed by atoms with Crippen LogP contribution in [0.4, 0.5) is 0 Å². The first-order chi connectivity index (χ1) is 11.2. The van der Waals surface area contributed by atoms with Gasteiger partial charge in [0.05, 0.1) is 0 Å². The number of alkyl halides is 2. The highest BCUT2D eigenvalue weighted by atomic mass is 79.9. The Morgan fingerprint density at radius 2 is 1.96 bits per heavy atom. The average molecular weight is 425 g/mol. The molecule has 0 bridgehead atoms. The van der Waals surface area contributed by atoms with E-state index in [9.17, 15) is 25.5 Å². The van der Waals surface area contributed by atoms with Crippen molar-refractivity contribution >= 4 is 38.4 Å². The molecule has 10 heteroatoms. The van der Waals surface area contributed by atoms with Gasteiger partial charge in [-0.25, -0.2) is 0 Å². The van der Waals surface area contributed by atoms with Crippen molar-refractivity contribution in [1.82, 2.24) is 4.98 Å². The highest BCUT2D eigenvalue weighted by molar-refractivity contribution is 9.10. The van der Waals surface area contributed by atoms with Crippen molar-refractivity contribution in [1.29, 1.82) is 0 Å². The second-order valence-electron chi connectivity index (χ2n) is 5.46. The van der Waals surface area contributed by atoms with E-state index in [2.05, 4.69) is 20.9 Å². The number of H-pyrrole nitrogens is 1. The van der Waals surface area contributed by atoms with Crippen LogP contribution in [-0.2, 0) is 4.74 Å². The number of halogens is 2. The van der Waals surface area contributed by atoms with Crippen molar-refractivity contribution < 1.29 is 35.0 Å². The Labute approximate surface area is 149 Å². The first-order valence-electron chi connectivity index (χ1n) is 6.90. The van der Waals surface area contributed by atoms with E-state index in [-0.39, 0.29) is 5.88 Å². The zero-order valence-electron chi connectivity index (χ0n) is 12.0. The number of nitrogens with one attached hydrogen (secondary N) is 1.